The van der Waals surface area contributed by atoms with Crippen molar-refractivity contribution < 1.29 is 27.5 Å². The lowest BCUT2D eigenvalue weighted by Crippen LogP contribution is -2.24. The third-order valence-corrected chi connectivity index (χ3v) is 4.20. The SMILES string of the molecule is CNCc1cc(Oc2ccc3c(ccn3OC(=O)Nc3cc(C(F)(F)F)[nH]n3)c2)ncn1. The van der Waals surface area contributed by atoms with Gasteiger partial charge in [-0.05, 0) is 31.3 Å². The maximum atomic E-state index is 12.6. The number of alkyl halides is 3. The second kappa shape index (κ2) is 8.55. The van der Waals surface area contributed by atoms with Crippen LogP contribution in [0.2, 0.25) is 0 Å². The number of benzene rings is 1. The summed E-state index contributed by atoms with van der Waals surface area (Å²) < 4.78 is 44.7. The van der Waals surface area contributed by atoms with Crippen molar-refractivity contribution in [1.82, 2.24) is 30.2 Å². The van der Waals surface area contributed by atoms with Crippen molar-refractivity contribution in [2.24, 2.45) is 0 Å². The van der Waals surface area contributed by atoms with Crippen LogP contribution in [0.25, 0.3) is 10.9 Å². The number of nitrogens with zero attached hydrogens (tertiary/aromatic N) is 4. The van der Waals surface area contributed by atoms with E-state index in [-0.39, 0.29) is 5.82 Å². The smallest absolute Gasteiger partial charge is 0.437 e. The molecule has 3 heterocycles. The molecule has 0 spiro atoms. The first-order valence-corrected chi connectivity index (χ1v) is 9.18. The molecule has 4 aromatic rings. The number of hydrogen-bond acceptors (Lipinski definition) is 7. The Morgan fingerprint density at radius 2 is 2.03 bits per heavy atom. The number of aromatic nitrogens is 5. The average Bonchev–Trinajstić information content (AvgIpc) is 3.36. The Hall–Kier alpha value is -4.13. The molecule has 0 saturated carbocycles. The standard InChI is InChI=1S/C19H16F3N7O3/c1-23-9-12-7-17(25-10-24-12)31-13-2-3-14-11(6-13)4-5-29(14)32-18(30)26-16-8-15(27-28-16)19(20,21)22/h2-8,10,23H,9H2,1H3,(H2,26,27,28,30). The van der Waals surface area contributed by atoms with Gasteiger partial charge in [0.2, 0.25) is 5.88 Å². The number of anilines is 1. The summed E-state index contributed by atoms with van der Waals surface area (Å²) in [6.45, 7) is 0.565. The van der Waals surface area contributed by atoms with Gasteiger partial charge in [0.25, 0.3) is 0 Å². The third kappa shape index (κ3) is 4.78. The van der Waals surface area contributed by atoms with Gasteiger partial charge in [-0.15, -0.1) is 0 Å². The van der Waals surface area contributed by atoms with Gasteiger partial charge in [0.15, 0.2) is 5.82 Å². The molecule has 1 amide bonds. The van der Waals surface area contributed by atoms with Crippen LogP contribution in [0.4, 0.5) is 23.8 Å². The molecule has 4 rings (SSSR count). The Morgan fingerprint density at radius 3 is 2.78 bits per heavy atom. The first-order chi connectivity index (χ1) is 15.3. The van der Waals surface area contributed by atoms with Gasteiger partial charge in [0.05, 0.1) is 11.2 Å². The normalized spacial score (nSPS) is 11.5. The van der Waals surface area contributed by atoms with Crippen LogP contribution in [0.3, 0.4) is 0 Å². The molecule has 0 saturated heterocycles. The molecule has 1 aromatic carbocycles. The van der Waals surface area contributed by atoms with Crippen molar-refractivity contribution in [1.29, 1.82) is 0 Å². The highest BCUT2D eigenvalue weighted by Gasteiger charge is 2.33. The van der Waals surface area contributed by atoms with Crippen molar-refractivity contribution in [2.75, 3.05) is 12.4 Å². The minimum Gasteiger partial charge on any atom is -0.439 e. The molecule has 0 aliphatic heterocycles. The molecular weight excluding hydrogens is 431 g/mol. The number of amides is 1. The van der Waals surface area contributed by atoms with Crippen LogP contribution in [0, 0.1) is 0 Å². The first-order valence-electron chi connectivity index (χ1n) is 9.18. The minimum atomic E-state index is -4.60. The second-order valence-corrected chi connectivity index (χ2v) is 6.51. The van der Waals surface area contributed by atoms with E-state index in [4.69, 9.17) is 9.57 Å². The van der Waals surface area contributed by atoms with Gasteiger partial charge in [-0.3, -0.25) is 10.4 Å². The molecule has 0 unspecified atom stereocenters. The Bertz CT molecular complexity index is 1250. The number of carbonyl (C=O) groups is 1. The number of carbonyl (C=O) groups excluding carboxylic acids is 1. The van der Waals surface area contributed by atoms with E-state index in [9.17, 15) is 18.0 Å². The number of fused-ring (bicyclic) bond motifs is 1. The summed E-state index contributed by atoms with van der Waals surface area (Å²) in [7, 11) is 1.80. The fourth-order valence-corrected chi connectivity index (χ4v) is 2.82. The maximum Gasteiger partial charge on any atom is 0.437 e. The summed E-state index contributed by atoms with van der Waals surface area (Å²) in [6, 6.07) is 9.08. The van der Waals surface area contributed by atoms with Crippen LogP contribution in [0.5, 0.6) is 11.6 Å². The molecule has 0 aliphatic carbocycles. The summed E-state index contributed by atoms with van der Waals surface area (Å²) in [6.07, 6.45) is -2.73. The largest absolute Gasteiger partial charge is 0.439 e. The van der Waals surface area contributed by atoms with Crippen LogP contribution >= 0.6 is 0 Å². The average molecular weight is 447 g/mol. The van der Waals surface area contributed by atoms with Crippen LogP contribution in [0.15, 0.2) is 48.9 Å². The van der Waals surface area contributed by atoms with Gasteiger partial charge >= 0.3 is 12.3 Å². The van der Waals surface area contributed by atoms with Gasteiger partial charge in [-0.25, -0.2) is 14.8 Å². The van der Waals surface area contributed by atoms with Gasteiger partial charge in [-0.1, -0.05) is 0 Å². The minimum absolute atomic E-state index is 0.322. The van der Waals surface area contributed by atoms with E-state index in [1.165, 1.54) is 17.3 Å². The molecule has 10 nitrogen and oxygen atoms in total. The number of aromatic amines is 1. The van der Waals surface area contributed by atoms with Crippen molar-refractivity contribution in [3.05, 3.63) is 60.3 Å². The number of H-pyrrole nitrogens is 1. The Kier molecular flexibility index (Phi) is 5.64. The Balaban J connectivity index is 1.44. The summed E-state index contributed by atoms with van der Waals surface area (Å²) in [5, 5.41) is 11.0. The van der Waals surface area contributed by atoms with E-state index in [1.54, 1.807) is 42.5 Å². The Labute approximate surface area is 178 Å². The zero-order chi connectivity index (χ0) is 22.7. The number of halogens is 3. The number of rotatable bonds is 6. The van der Waals surface area contributed by atoms with Crippen LogP contribution in [-0.2, 0) is 12.7 Å². The lowest BCUT2D eigenvalue weighted by atomic mass is 10.2. The number of hydrogen-bond donors (Lipinski definition) is 3. The van der Waals surface area contributed by atoms with Crippen molar-refractivity contribution in [3.8, 4) is 11.6 Å². The summed E-state index contributed by atoms with van der Waals surface area (Å²) in [5.74, 6) is 0.555. The highest BCUT2D eigenvalue weighted by molar-refractivity contribution is 5.86. The van der Waals surface area contributed by atoms with Crippen molar-refractivity contribution in [3.63, 3.8) is 0 Å². The van der Waals surface area contributed by atoms with Crippen LogP contribution in [-0.4, -0.2) is 38.0 Å². The summed E-state index contributed by atoms with van der Waals surface area (Å²) >= 11 is 0. The van der Waals surface area contributed by atoms with E-state index < -0.39 is 18.0 Å². The highest BCUT2D eigenvalue weighted by atomic mass is 19.4. The highest BCUT2D eigenvalue weighted by Crippen LogP contribution is 2.29. The molecule has 0 radical (unpaired) electrons. The summed E-state index contributed by atoms with van der Waals surface area (Å²) in [5.41, 5.74) is 0.209. The second-order valence-electron chi connectivity index (χ2n) is 6.51. The number of ether oxygens (including phenoxy) is 1. The molecule has 3 aromatic heterocycles. The van der Waals surface area contributed by atoms with E-state index >= 15 is 0 Å². The van der Waals surface area contributed by atoms with E-state index in [1.807, 2.05) is 0 Å². The monoisotopic (exact) mass is 447 g/mol. The van der Waals surface area contributed by atoms with Crippen LogP contribution < -0.4 is 20.2 Å². The van der Waals surface area contributed by atoms with E-state index in [2.05, 4.69) is 25.7 Å². The van der Waals surface area contributed by atoms with Gasteiger partial charge in [-0.2, -0.15) is 23.0 Å². The zero-order valence-corrected chi connectivity index (χ0v) is 16.5. The molecule has 0 aliphatic rings. The molecule has 32 heavy (non-hydrogen) atoms. The first kappa shape index (κ1) is 21.1. The van der Waals surface area contributed by atoms with E-state index in [0.717, 1.165) is 5.69 Å². The van der Waals surface area contributed by atoms with Crippen molar-refractivity contribution in [2.45, 2.75) is 12.7 Å². The molecule has 3 N–H and O–H groups in total. The summed E-state index contributed by atoms with van der Waals surface area (Å²) in [4.78, 5) is 25.4. The Morgan fingerprint density at radius 1 is 1.19 bits per heavy atom. The topological polar surface area (TPSA) is 119 Å². The van der Waals surface area contributed by atoms with Gasteiger partial charge < -0.3 is 14.9 Å². The molecule has 0 bridgehead atoms. The lowest BCUT2D eigenvalue weighted by molar-refractivity contribution is -0.141. The zero-order valence-electron chi connectivity index (χ0n) is 16.5. The molecular formula is C19H16F3N7O3. The predicted octanol–water partition coefficient (Wildman–Crippen LogP) is 3.35. The number of nitrogens with one attached hydrogen (secondary N) is 3. The molecule has 0 atom stereocenters. The third-order valence-electron chi connectivity index (χ3n) is 4.20. The van der Waals surface area contributed by atoms with E-state index in [0.29, 0.717) is 35.1 Å². The molecule has 13 heteroatoms. The maximum absolute atomic E-state index is 12.6. The van der Waals surface area contributed by atoms with Gasteiger partial charge in [0.1, 0.15) is 17.8 Å². The molecule has 0 fully saturated rings. The lowest BCUT2D eigenvalue weighted by Gasteiger charge is -2.08. The van der Waals surface area contributed by atoms with Crippen LogP contribution in [0.1, 0.15) is 11.4 Å². The quantitative estimate of drug-likeness (QED) is 0.415. The fraction of sp³-hybridized carbons (Fsp3) is 0.158. The fourth-order valence-electron chi connectivity index (χ4n) is 2.82. The molecule has 166 valence electrons. The van der Waals surface area contributed by atoms with Gasteiger partial charge in [0, 0.05) is 30.3 Å². The predicted molar refractivity (Wildman–Crippen MR) is 106 cm³/mol. The van der Waals surface area contributed by atoms with Crippen molar-refractivity contribution >= 4 is 22.8 Å².